The number of hydrogen-bond acceptors (Lipinski definition) is 6. The van der Waals surface area contributed by atoms with Gasteiger partial charge in [-0.3, -0.25) is 24.0 Å². The summed E-state index contributed by atoms with van der Waals surface area (Å²) in [5.74, 6) is -0.0977. The Balaban J connectivity index is 0.000000343. The van der Waals surface area contributed by atoms with Crippen molar-refractivity contribution in [2.24, 2.45) is 11.8 Å². The third-order valence-electron chi connectivity index (χ3n) is 5.74. The highest BCUT2D eigenvalue weighted by molar-refractivity contribution is 6.01. The van der Waals surface area contributed by atoms with E-state index in [1.807, 2.05) is 19.0 Å². The van der Waals surface area contributed by atoms with E-state index in [2.05, 4.69) is 16.0 Å². The second-order valence-corrected chi connectivity index (χ2v) is 8.94. The Morgan fingerprint density at radius 3 is 1.72 bits per heavy atom. The SMILES string of the molecule is CC(=O)NCNC(=O)C1CCCC1.CN(C)CCC(=O)CC(=O)CNC(=O)C1CCCC1. The minimum atomic E-state index is -0.199. The molecule has 182 valence electrons. The molecular weight excluding hydrogens is 412 g/mol. The van der Waals surface area contributed by atoms with E-state index in [1.165, 1.54) is 6.92 Å². The molecule has 3 amide bonds. The Morgan fingerprint density at radius 1 is 0.750 bits per heavy atom. The minimum Gasteiger partial charge on any atom is -0.349 e. The van der Waals surface area contributed by atoms with Gasteiger partial charge < -0.3 is 20.9 Å². The summed E-state index contributed by atoms with van der Waals surface area (Å²) in [4.78, 5) is 58.5. The number of hydrogen-bond donors (Lipinski definition) is 3. The summed E-state index contributed by atoms with van der Waals surface area (Å²) in [6.45, 7) is 2.33. The molecule has 2 saturated carbocycles. The number of amides is 3. The van der Waals surface area contributed by atoms with Crippen LogP contribution in [0.25, 0.3) is 0 Å². The molecule has 0 bridgehead atoms. The van der Waals surface area contributed by atoms with Crippen molar-refractivity contribution in [2.45, 2.75) is 71.1 Å². The Hall–Kier alpha value is -2.29. The molecule has 0 heterocycles. The maximum atomic E-state index is 11.7. The van der Waals surface area contributed by atoms with Crippen LogP contribution >= 0.6 is 0 Å². The molecule has 2 fully saturated rings. The van der Waals surface area contributed by atoms with Crippen molar-refractivity contribution < 1.29 is 24.0 Å². The van der Waals surface area contributed by atoms with Crippen molar-refractivity contribution in [3.8, 4) is 0 Å². The maximum Gasteiger partial charge on any atom is 0.224 e. The molecule has 0 unspecified atom stereocenters. The average Bonchev–Trinajstić information content (AvgIpc) is 3.45. The summed E-state index contributed by atoms with van der Waals surface area (Å²) in [5.41, 5.74) is 0. The summed E-state index contributed by atoms with van der Waals surface area (Å²) in [6.07, 6.45) is 8.62. The molecule has 3 N–H and O–H groups in total. The first-order chi connectivity index (χ1) is 15.2. The van der Waals surface area contributed by atoms with E-state index in [-0.39, 0.29) is 60.8 Å². The first-order valence-electron chi connectivity index (χ1n) is 11.7. The van der Waals surface area contributed by atoms with Gasteiger partial charge in [0, 0.05) is 31.7 Å². The zero-order valence-electron chi connectivity index (χ0n) is 19.8. The molecule has 0 radical (unpaired) electrons. The molecule has 0 aromatic heterocycles. The number of rotatable bonds is 11. The number of Topliss-reactive ketones (excluding diaryl/α,β-unsaturated/α-hetero) is 2. The fourth-order valence-electron chi connectivity index (χ4n) is 3.83. The van der Waals surface area contributed by atoms with Crippen LogP contribution < -0.4 is 16.0 Å². The summed E-state index contributed by atoms with van der Waals surface area (Å²) < 4.78 is 0. The van der Waals surface area contributed by atoms with E-state index >= 15 is 0 Å². The molecule has 9 heteroatoms. The average molecular weight is 453 g/mol. The number of nitrogens with zero attached hydrogens (tertiary/aromatic N) is 1. The first kappa shape index (κ1) is 27.7. The first-order valence-corrected chi connectivity index (χ1v) is 11.7. The fraction of sp³-hybridized carbons (Fsp3) is 0.783. The van der Waals surface area contributed by atoms with E-state index in [9.17, 15) is 24.0 Å². The van der Waals surface area contributed by atoms with Gasteiger partial charge >= 0.3 is 0 Å². The van der Waals surface area contributed by atoms with Crippen LogP contribution in [0.3, 0.4) is 0 Å². The Bertz CT molecular complexity index is 638. The van der Waals surface area contributed by atoms with E-state index in [0.717, 1.165) is 51.4 Å². The van der Waals surface area contributed by atoms with Crippen LogP contribution in [0, 0.1) is 11.8 Å². The van der Waals surface area contributed by atoms with Gasteiger partial charge in [0.25, 0.3) is 0 Å². The lowest BCUT2D eigenvalue weighted by Gasteiger charge is -2.10. The van der Waals surface area contributed by atoms with Crippen molar-refractivity contribution >= 4 is 29.3 Å². The van der Waals surface area contributed by atoms with Crippen LogP contribution in [0.5, 0.6) is 0 Å². The predicted octanol–water partition coefficient (Wildman–Crippen LogP) is 1.16. The lowest BCUT2D eigenvalue weighted by molar-refractivity contribution is -0.130. The molecule has 0 atom stereocenters. The lowest BCUT2D eigenvalue weighted by atomic mass is 10.1. The highest BCUT2D eigenvalue weighted by atomic mass is 16.2. The van der Waals surface area contributed by atoms with Crippen LogP contribution in [0.1, 0.15) is 71.1 Å². The number of ketones is 2. The third kappa shape index (κ3) is 12.5. The van der Waals surface area contributed by atoms with E-state index < -0.39 is 0 Å². The van der Waals surface area contributed by atoms with Crippen LogP contribution in [0.15, 0.2) is 0 Å². The topological polar surface area (TPSA) is 125 Å². The van der Waals surface area contributed by atoms with Gasteiger partial charge in [-0.2, -0.15) is 0 Å². The second-order valence-electron chi connectivity index (χ2n) is 8.94. The number of carbonyl (C=O) groups is 5. The fourth-order valence-corrected chi connectivity index (χ4v) is 3.83. The highest BCUT2D eigenvalue weighted by Crippen LogP contribution is 2.25. The van der Waals surface area contributed by atoms with Gasteiger partial charge in [-0.25, -0.2) is 0 Å². The minimum absolute atomic E-state index is 0.0109. The quantitative estimate of drug-likeness (QED) is 0.319. The standard InChI is InChI=1S/C14H24N2O3.C9H16N2O2/c1-16(2)8-7-12(17)9-13(18)10-15-14(19)11-5-3-4-6-11;1-7(12)10-6-11-9(13)8-4-2-3-5-8/h11H,3-10H2,1-2H3,(H,15,19);8H,2-6H2,1H3,(H,10,12)(H,11,13). The zero-order valence-corrected chi connectivity index (χ0v) is 19.8. The summed E-state index contributed by atoms with van der Waals surface area (Å²) >= 11 is 0. The van der Waals surface area contributed by atoms with Crippen LogP contribution in [0.2, 0.25) is 0 Å². The van der Waals surface area contributed by atoms with Crippen molar-refractivity contribution in [2.75, 3.05) is 33.9 Å². The van der Waals surface area contributed by atoms with Gasteiger partial charge in [-0.05, 0) is 39.8 Å². The predicted molar refractivity (Wildman–Crippen MR) is 122 cm³/mol. The maximum absolute atomic E-state index is 11.7. The molecule has 2 aliphatic rings. The van der Waals surface area contributed by atoms with Crippen LogP contribution in [-0.2, 0) is 24.0 Å². The Kier molecular flexibility index (Phi) is 13.4. The third-order valence-corrected chi connectivity index (χ3v) is 5.74. The van der Waals surface area contributed by atoms with Crippen molar-refractivity contribution in [3.63, 3.8) is 0 Å². The van der Waals surface area contributed by atoms with Gasteiger partial charge in [0.1, 0.15) is 5.78 Å². The van der Waals surface area contributed by atoms with E-state index in [4.69, 9.17) is 0 Å². The van der Waals surface area contributed by atoms with E-state index in [1.54, 1.807) is 0 Å². The summed E-state index contributed by atoms with van der Waals surface area (Å²) in [5, 5.41) is 7.86. The monoisotopic (exact) mass is 452 g/mol. The Labute approximate surface area is 191 Å². The van der Waals surface area contributed by atoms with Crippen molar-refractivity contribution in [3.05, 3.63) is 0 Å². The normalized spacial score (nSPS) is 16.2. The van der Waals surface area contributed by atoms with Crippen LogP contribution in [0.4, 0.5) is 0 Å². The molecule has 2 aliphatic carbocycles. The summed E-state index contributed by atoms with van der Waals surface area (Å²) in [6, 6.07) is 0. The van der Waals surface area contributed by atoms with Crippen molar-refractivity contribution in [1.82, 2.24) is 20.9 Å². The summed E-state index contributed by atoms with van der Waals surface area (Å²) in [7, 11) is 3.77. The molecule has 0 aromatic carbocycles. The van der Waals surface area contributed by atoms with Crippen molar-refractivity contribution in [1.29, 1.82) is 0 Å². The Morgan fingerprint density at radius 2 is 1.25 bits per heavy atom. The smallest absolute Gasteiger partial charge is 0.224 e. The van der Waals surface area contributed by atoms with Gasteiger partial charge in [0.15, 0.2) is 5.78 Å². The zero-order chi connectivity index (χ0) is 23.9. The van der Waals surface area contributed by atoms with Gasteiger partial charge in [0.05, 0.1) is 19.6 Å². The van der Waals surface area contributed by atoms with Gasteiger partial charge in [0.2, 0.25) is 17.7 Å². The second kappa shape index (κ2) is 15.5. The molecule has 9 nitrogen and oxygen atoms in total. The van der Waals surface area contributed by atoms with E-state index in [0.29, 0.717) is 13.0 Å². The molecular formula is C23H40N4O5. The largest absolute Gasteiger partial charge is 0.349 e. The van der Waals surface area contributed by atoms with Gasteiger partial charge in [-0.15, -0.1) is 0 Å². The molecule has 2 rings (SSSR count). The molecule has 0 saturated heterocycles. The number of nitrogens with one attached hydrogen (secondary N) is 3. The lowest BCUT2D eigenvalue weighted by Crippen LogP contribution is -2.38. The molecule has 0 spiro atoms. The molecule has 32 heavy (non-hydrogen) atoms. The van der Waals surface area contributed by atoms with Crippen LogP contribution in [-0.4, -0.2) is 68.0 Å². The number of carbonyl (C=O) groups excluding carboxylic acids is 5. The highest BCUT2D eigenvalue weighted by Gasteiger charge is 2.23. The molecule has 0 aliphatic heterocycles. The van der Waals surface area contributed by atoms with Gasteiger partial charge in [-0.1, -0.05) is 25.7 Å². The molecule has 0 aromatic rings.